The van der Waals surface area contributed by atoms with Gasteiger partial charge in [0.1, 0.15) is 0 Å². The molecule has 1 heterocycles. The molecule has 0 radical (unpaired) electrons. The molecule has 102 valence electrons. The molecule has 17 heavy (non-hydrogen) atoms. The Balaban J connectivity index is 2.68. The van der Waals surface area contributed by atoms with Gasteiger partial charge in [-0.15, -0.1) is 0 Å². The molecule has 0 aromatic rings. The summed E-state index contributed by atoms with van der Waals surface area (Å²) in [5, 5.41) is 9.61. The number of aliphatic hydroxyl groups excluding tert-OH is 1. The van der Waals surface area contributed by atoms with Crippen LogP contribution in [0.1, 0.15) is 40.0 Å². The number of nitrogens with two attached hydrogens (primary N) is 1. The van der Waals surface area contributed by atoms with Crippen LogP contribution in [0.25, 0.3) is 0 Å². The molecular weight excluding hydrogens is 216 g/mol. The maximum Gasteiger partial charge on any atom is 0.0674 e. The van der Waals surface area contributed by atoms with Crippen LogP contribution in [-0.4, -0.2) is 54.0 Å². The van der Waals surface area contributed by atoms with Crippen molar-refractivity contribution in [3.8, 4) is 0 Å². The normalized spacial score (nSPS) is 30.2. The molecule has 0 aliphatic carbocycles. The highest BCUT2D eigenvalue weighted by molar-refractivity contribution is 4.88. The Morgan fingerprint density at radius 3 is 2.71 bits per heavy atom. The van der Waals surface area contributed by atoms with Crippen molar-refractivity contribution in [1.29, 1.82) is 0 Å². The first-order valence-corrected chi connectivity index (χ1v) is 6.87. The molecule has 0 aromatic heterocycles. The second kappa shape index (κ2) is 7.31. The van der Waals surface area contributed by atoms with E-state index in [1.807, 2.05) is 0 Å². The van der Waals surface area contributed by atoms with E-state index in [2.05, 4.69) is 25.7 Å². The van der Waals surface area contributed by atoms with E-state index in [1.165, 1.54) is 0 Å². The predicted molar refractivity (Wildman–Crippen MR) is 70.0 cm³/mol. The standard InChI is InChI=1S/C13H28N2O2/c1-4-6-12(14)13(8-16)15-7-10(3)17-9-11(15)5-2/h10-13,16H,4-9,14H2,1-3H3. The Kier molecular flexibility index (Phi) is 6.41. The summed E-state index contributed by atoms with van der Waals surface area (Å²) in [7, 11) is 0. The fraction of sp³-hybridized carbons (Fsp3) is 1.00. The summed E-state index contributed by atoms with van der Waals surface area (Å²) in [6.45, 7) is 8.15. The number of rotatable bonds is 6. The number of nitrogens with zero attached hydrogens (tertiary/aromatic N) is 1. The molecule has 1 fully saturated rings. The molecule has 1 saturated heterocycles. The first-order valence-electron chi connectivity index (χ1n) is 6.87. The quantitative estimate of drug-likeness (QED) is 0.731. The minimum absolute atomic E-state index is 0.0596. The summed E-state index contributed by atoms with van der Waals surface area (Å²) in [5.41, 5.74) is 6.19. The van der Waals surface area contributed by atoms with Crippen LogP contribution in [-0.2, 0) is 4.74 Å². The molecule has 1 aliphatic rings. The number of hydrogen-bond acceptors (Lipinski definition) is 4. The van der Waals surface area contributed by atoms with Gasteiger partial charge in [0.25, 0.3) is 0 Å². The topological polar surface area (TPSA) is 58.7 Å². The summed E-state index contributed by atoms with van der Waals surface area (Å²) >= 11 is 0. The smallest absolute Gasteiger partial charge is 0.0674 e. The van der Waals surface area contributed by atoms with Gasteiger partial charge < -0.3 is 15.6 Å². The molecule has 3 N–H and O–H groups in total. The average molecular weight is 244 g/mol. The van der Waals surface area contributed by atoms with Crippen LogP contribution in [0.15, 0.2) is 0 Å². The highest BCUT2D eigenvalue weighted by atomic mass is 16.5. The molecule has 1 aliphatic heterocycles. The van der Waals surface area contributed by atoms with Crippen molar-refractivity contribution in [2.75, 3.05) is 19.8 Å². The monoisotopic (exact) mass is 244 g/mol. The van der Waals surface area contributed by atoms with Gasteiger partial charge in [-0.3, -0.25) is 4.90 Å². The molecule has 0 bridgehead atoms. The fourth-order valence-electron chi connectivity index (χ4n) is 2.64. The van der Waals surface area contributed by atoms with Gasteiger partial charge in [0.15, 0.2) is 0 Å². The lowest BCUT2D eigenvalue weighted by molar-refractivity contribution is -0.0839. The average Bonchev–Trinajstić information content (AvgIpc) is 2.31. The van der Waals surface area contributed by atoms with Crippen molar-refractivity contribution in [3.05, 3.63) is 0 Å². The van der Waals surface area contributed by atoms with Crippen LogP contribution in [0, 0.1) is 0 Å². The van der Waals surface area contributed by atoms with Gasteiger partial charge in [-0.05, 0) is 19.8 Å². The van der Waals surface area contributed by atoms with Crippen LogP contribution in [0.4, 0.5) is 0 Å². The molecular formula is C13H28N2O2. The van der Waals surface area contributed by atoms with Gasteiger partial charge in [-0.2, -0.15) is 0 Å². The Morgan fingerprint density at radius 1 is 1.47 bits per heavy atom. The molecule has 1 rings (SSSR count). The lowest BCUT2D eigenvalue weighted by Crippen LogP contribution is -2.59. The molecule has 0 spiro atoms. The van der Waals surface area contributed by atoms with E-state index >= 15 is 0 Å². The van der Waals surface area contributed by atoms with E-state index in [0.29, 0.717) is 6.04 Å². The maximum absolute atomic E-state index is 9.61. The van der Waals surface area contributed by atoms with Crippen LogP contribution in [0.3, 0.4) is 0 Å². The lowest BCUT2D eigenvalue weighted by atomic mass is 9.99. The molecule has 4 heteroatoms. The van der Waals surface area contributed by atoms with Crippen LogP contribution in [0.5, 0.6) is 0 Å². The zero-order valence-electron chi connectivity index (χ0n) is 11.4. The maximum atomic E-state index is 9.61. The van der Waals surface area contributed by atoms with E-state index in [4.69, 9.17) is 10.5 Å². The van der Waals surface area contributed by atoms with Gasteiger partial charge in [-0.25, -0.2) is 0 Å². The molecule has 4 nitrogen and oxygen atoms in total. The third kappa shape index (κ3) is 3.91. The van der Waals surface area contributed by atoms with Crippen molar-refractivity contribution in [2.24, 2.45) is 5.73 Å². The summed E-state index contributed by atoms with van der Waals surface area (Å²) in [4.78, 5) is 2.36. The minimum atomic E-state index is 0.0596. The molecule has 0 saturated carbocycles. The van der Waals surface area contributed by atoms with Gasteiger partial charge in [-0.1, -0.05) is 20.3 Å². The molecule has 0 amide bonds. The van der Waals surface area contributed by atoms with Gasteiger partial charge >= 0.3 is 0 Å². The Bertz CT molecular complexity index is 214. The number of ether oxygens (including phenoxy) is 1. The highest BCUT2D eigenvalue weighted by Crippen LogP contribution is 2.20. The first kappa shape index (κ1) is 14.9. The number of aliphatic hydroxyl groups is 1. The van der Waals surface area contributed by atoms with Crippen molar-refractivity contribution in [3.63, 3.8) is 0 Å². The predicted octanol–water partition coefficient (Wildman–Crippen LogP) is 0.974. The largest absolute Gasteiger partial charge is 0.395 e. The molecule has 0 aromatic carbocycles. The van der Waals surface area contributed by atoms with E-state index in [1.54, 1.807) is 0 Å². The van der Waals surface area contributed by atoms with Crippen LogP contribution >= 0.6 is 0 Å². The van der Waals surface area contributed by atoms with Gasteiger partial charge in [0, 0.05) is 24.7 Å². The van der Waals surface area contributed by atoms with Crippen molar-refractivity contribution in [2.45, 2.75) is 64.3 Å². The van der Waals surface area contributed by atoms with E-state index in [-0.39, 0.29) is 24.8 Å². The number of morpholine rings is 1. The van der Waals surface area contributed by atoms with E-state index in [0.717, 1.165) is 32.4 Å². The summed E-state index contributed by atoms with van der Waals surface area (Å²) in [5.74, 6) is 0. The SMILES string of the molecule is CCCC(N)C(CO)N1CC(C)OCC1CC. The fourth-order valence-corrected chi connectivity index (χ4v) is 2.64. The molecule has 4 atom stereocenters. The Morgan fingerprint density at radius 2 is 2.18 bits per heavy atom. The third-order valence-corrected chi connectivity index (χ3v) is 3.71. The molecule has 4 unspecified atom stereocenters. The second-order valence-electron chi connectivity index (χ2n) is 5.11. The summed E-state index contributed by atoms with van der Waals surface area (Å²) in [6, 6.07) is 0.529. The van der Waals surface area contributed by atoms with Crippen LogP contribution in [0.2, 0.25) is 0 Å². The lowest BCUT2D eigenvalue weighted by Gasteiger charge is -2.44. The highest BCUT2D eigenvalue weighted by Gasteiger charge is 2.33. The van der Waals surface area contributed by atoms with Crippen LogP contribution < -0.4 is 5.73 Å². The Labute approximate surface area is 105 Å². The summed E-state index contributed by atoms with van der Waals surface area (Å²) in [6.07, 6.45) is 3.31. The summed E-state index contributed by atoms with van der Waals surface area (Å²) < 4.78 is 5.68. The van der Waals surface area contributed by atoms with Gasteiger partial charge in [0.2, 0.25) is 0 Å². The van der Waals surface area contributed by atoms with E-state index in [9.17, 15) is 5.11 Å². The Hall–Kier alpha value is -0.160. The minimum Gasteiger partial charge on any atom is -0.395 e. The van der Waals surface area contributed by atoms with Gasteiger partial charge in [0.05, 0.1) is 19.3 Å². The van der Waals surface area contributed by atoms with Crippen molar-refractivity contribution in [1.82, 2.24) is 4.90 Å². The third-order valence-electron chi connectivity index (χ3n) is 3.71. The second-order valence-corrected chi connectivity index (χ2v) is 5.11. The number of hydrogen-bond donors (Lipinski definition) is 2. The zero-order valence-corrected chi connectivity index (χ0v) is 11.4. The first-order chi connectivity index (χ1) is 8.13. The zero-order chi connectivity index (χ0) is 12.8. The van der Waals surface area contributed by atoms with Crippen molar-refractivity contribution < 1.29 is 9.84 Å². The van der Waals surface area contributed by atoms with E-state index < -0.39 is 0 Å². The van der Waals surface area contributed by atoms with Crippen molar-refractivity contribution >= 4 is 0 Å².